The van der Waals surface area contributed by atoms with Crippen molar-refractivity contribution in [1.29, 1.82) is 0 Å². The Morgan fingerprint density at radius 3 is 2.69 bits per heavy atom. The van der Waals surface area contributed by atoms with Gasteiger partial charge in [-0.3, -0.25) is 0 Å². The lowest BCUT2D eigenvalue weighted by atomic mass is 10.1. The van der Waals surface area contributed by atoms with Gasteiger partial charge in [-0.15, -0.1) is 0 Å². The lowest BCUT2D eigenvalue weighted by molar-refractivity contribution is -0.134. The zero-order valence-electron chi connectivity index (χ0n) is 9.06. The number of methoxy groups -OCH3 is 2. The summed E-state index contributed by atoms with van der Waals surface area (Å²) in [5, 5.41) is 9.41. The Morgan fingerprint density at radius 1 is 1.44 bits per heavy atom. The van der Waals surface area contributed by atoms with Crippen LogP contribution in [0.2, 0.25) is 0 Å². The Morgan fingerprint density at radius 2 is 2.12 bits per heavy atom. The highest BCUT2D eigenvalue weighted by Gasteiger charge is 2.05. The number of anilines is 1. The second-order valence-electron chi connectivity index (χ2n) is 3.01. The minimum absolute atomic E-state index is 0.0645. The van der Waals surface area contributed by atoms with E-state index < -0.39 is 5.97 Å². The number of esters is 1. The smallest absolute Gasteiger partial charge is 0.330 e. The van der Waals surface area contributed by atoms with E-state index in [4.69, 9.17) is 10.5 Å². The number of carbonyl (C=O) groups is 1. The second kappa shape index (κ2) is 5.06. The topological polar surface area (TPSA) is 81.8 Å². The van der Waals surface area contributed by atoms with Crippen LogP contribution in [0, 0.1) is 0 Å². The summed E-state index contributed by atoms with van der Waals surface area (Å²) in [5.74, 6) is -0.0841. The molecule has 0 amide bonds. The Bertz CT molecular complexity index is 426. The van der Waals surface area contributed by atoms with Gasteiger partial charge in [-0.05, 0) is 12.1 Å². The molecule has 0 aromatic heterocycles. The van der Waals surface area contributed by atoms with E-state index >= 15 is 0 Å². The molecule has 1 aromatic carbocycles. The number of carbonyl (C=O) groups excluding carboxylic acids is 1. The lowest BCUT2D eigenvalue weighted by Gasteiger charge is -2.07. The van der Waals surface area contributed by atoms with E-state index in [1.54, 1.807) is 0 Å². The maximum atomic E-state index is 10.9. The first-order valence-electron chi connectivity index (χ1n) is 4.51. The van der Waals surface area contributed by atoms with Gasteiger partial charge in [0, 0.05) is 17.7 Å². The summed E-state index contributed by atoms with van der Waals surface area (Å²) >= 11 is 0. The molecule has 0 fully saturated rings. The third kappa shape index (κ3) is 2.66. The molecule has 0 heterocycles. The molecule has 5 nitrogen and oxygen atoms in total. The Kier molecular flexibility index (Phi) is 3.77. The summed E-state index contributed by atoms with van der Waals surface area (Å²) in [7, 11) is 2.76. The van der Waals surface area contributed by atoms with E-state index in [0.29, 0.717) is 11.3 Å². The van der Waals surface area contributed by atoms with E-state index in [9.17, 15) is 9.90 Å². The molecule has 1 aromatic rings. The quantitative estimate of drug-likeness (QED) is 0.348. The van der Waals surface area contributed by atoms with Gasteiger partial charge in [-0.2, -0.15) is 0 Å². The number of hydrogen-bond donors (Lipinski definition) is 2. The van der Waals surface area contributed by atoms with Crippen molar-refractivity contribution in [1.82, 2.24) is 0 Å². The fourth-order valence-corrected chi connectivity index (χ4v) is 1.13. The monoisotopic (exact) mass is 223 g/mol. The van der Waals surface area contributed by atoms with Gasteiger partial charge >= 0.3 is 5.97 Å². The molecule has 0 spiro atoms. The molecule has 0 aliphatic heterocycles. The van der Waals surface area contributed by atoms with Gasteiger partial charge in [-0.25, -0.2) is 4.79 Å². The van der Waals surface area contributed by atoms with Gasteiger partial charge in [0.15, 0.2) is 0 Å². The van der Waals surface area contributed by atoms with Crippen molar-refractivity contribution < 1.29 is 19.4 Å². The molecule has 0 aliphatic rings. The zero-order chi connectivity index (χ0) is 12.1. The number of hydrogen-bond acceptors (Lipinski definition) is 5. The van der Waals surface area contributed by atoms with E-state index in [-0.39, 0.29) is 11.4 Å². The molecule has 0 saturated carbocycles. The number of aromatic hydroxyl groups is 1. The zero-order valence-corrected chi connectivity index (χ0v) is 9.06. The largest absolute Gasteiger partial charge is 0.506 e. The van der Waals surface area contributed by atoms with Gasteiger partial charge in [0.1, 0.15) is 11.5 Å². The third-order valence-corrected chi connectivity index (χ3v) is 1.98. The molecular weight excluding hydrogens is 210 g/mol. The van der Waals surface area contributed by atoms with E-state index in [1.807, 2.05) is 0 Å². The first-order chi connectivity index (χ1) is 7.58. The van der Waals surface area contributed by atoms with Crippen molar-refractivity contribution in [2.75, 3.05) is 20.0 Å². The molecule has 0 atom stereocenters. The highest BCUT2D eigenvalue weighted by molar-refractivity contribution is 5.87. The van der Waals surface area contributed by atoms with Crippen molar-refractivity contribution in [3.8, 4) is 11.5 Å². The normalized spacial score (nSPS) is 10.4. The van der Waals surface area contributed by atoms with Crippen LogP contribution >= 0.6 is 0 Å². The first kappa shape index (κ1) is 11.9. The van der Waals surface area contributed by atoms with Gasteiger partial charge in [0.25, 0.3) is 0 Å². The number of nitrogens with two attached hydrogens (primary N) is 1. The predicted octanol–water partition coefficient (Wildman–Crippen LogP) is 1.17. The minimum Gasteiger partial charge on any atom is -0.506 e. The molecule has 16 heavy (non-hydrogen) atoms. The maximum Gasteiger partial charge on any atom is 0.330 e. The van der Waals surface area contributed by atoms with Crippen LogP contribution in [0.3, 0.4) is 0 Å². The predicted molar refractivity (Wildman–Crippen MR) is 60.1 cm³/mol. The van der Waals surface area contributed by atoms with Crippen molar-refractivity contribution in [2.45, 2.75) is 0 Å². The number of rotatable bonds is 3. The molecule has 0 saturated heterocycles. The molecule has 0 bridgehead atoms. The summed E-state index contributed by atoms with van der Waals surface area (Å²) in [5.41, 5.74) is 6.26. The van der Waals surface area contributed by atoms with Gasteiger partial charge in [0.2, 0.25) is 0 Å². The summed E-state index contributed by atoms with van der Waals surface area (Å²) < 4.78 is 9.50. The van der Waals surface area contributed by atoms with Crippen molar-refractivity contribution in [3.63, 3.8) is 0 Å². The lowest BCUT2D eigenvalue weighted by Crippen LogP contribution is -1.95. The summed E-state index contributed by atoms with van der Waals surface area (Å²) in [6.07, 6.45) is 2.71. The Labute approximate surface area is 93.1 Å². The minimum atomic E-state index is -0.488. The molecule has 0 radical (unpaired) electrons. The van der Waals surface area contributed by atoms with Crippen molar-refractivity contribution >= 4 is 17.7 Å². The number of ether oxygens (including phenoxy) is 2. The van der Waals surface area contributed by atoms with Gasteiger partial charge in [0.05, 0.1) is 19.9 Å². The SMILES string of the molecule is COC(=O)C=Cc1cc(O)c(N)cc1OC. The van der Waals surface area contributed by atoms with Crippen LogP contribution in [0.4, 0.5) is 5.69 Å². The highest BCUT2D eigenvalue weighted by Crippen LogP contribution is 2.30. The molecule has 0 aliphatic carbocycles. The average molecular weight is 223 g/mol. The summed E-state index contributed by atoms with van der Waals surface area (Å²) in [4.78, 5) is 10.9. The van der Waals surface area contributed by atoms with E-state index in [1.165, 1.54) is 38.5 Å². The molecule has 86 valence electrons. The average Bonchev–Trinajstić information content (AvgIpc) is 2.29. The highest BCUT2D eigenvalue weighted by atomic mass is 16.5. The maximum absolute atomic E-state index is 10.9. The van der Waals surface area contributed by atoms with Crippen molar-refractivity contribution in [2.24, 2.45) is 0 Å². The fraction of sp³-hybridized carbons (Fsp3) is 0.182. The number of nitrogen functional groups attached to an aromatic ring is 1. The van der Waals surface area contributed by atoms with Crippen LogP contribution in [0.5, 0.6) is 11.5 Å². The van der Waals surface area contributed by atoms with Crippen LogP contribution < -0.4 is 10.5 Å². The van der Waals surface area contributed by atoms with E-state index in [2.05, 4.69) is 4.74 Å². The fourth-order valence-electron chi connectivity index (χ4n) is 1.13. The van der Waals surface area contributed by atoms with E-state index in [0.717, 1.165) is 0 Å². The van der Waals surface area contributed by atoms with Crippen LogP contribution in [-0.2, 0) is 9.53 Å². The Hall–Kier alpha value is -2.17. The molecule has 3 N–H and O–H groups in total. The number of phenols is 1. The van der Waals surface area contributed by atoms with Gasteiger partial charge < -0.3 is 20.3 Å². The molecule has 0 unspecified atom stereocenters. The first-order valence-corrected chi connectivity index (χ1v) is 4.51. The standard InChI is InChI=1S/C11H13NO4/c1-15-10-6-8(12)9(13)5-7(10)3-4-11(14)16-2/h3-6,13H,12H2,1-2H3. The second-order valence-corrected chi connectivity index (χ2v) is 3.01. The molecular formula is C11H13NO4. The van der Waals surface area contributed by atoms with Crippen LogP contribution in [0.1, 0.15) is 5.56 Å². The molecule has 1 rings (SSSR count). The van der Waals surface area contributed by atoms with Crippen molar-refractivity contribution in [3.05, 3.63) is 23.8 Å². The third-order valence-electron chi connectivity index (χ3n) is 1.98. The van der Waals surface area contributed by atoms with Gasteiger partial charge in [-0.1, -0.05) is 0 Å². The van der Waals surface area contributed by atoms with Crippen LogP contribution in [-0.4, -0.2) is 25.3 Å². The summed E-state index contributed by atoms with van der Waals surface area (Å²) in [6, 6.07) is 2.89. The summed E-state index contributed by atoms with van der Waals surface area (Å²) in [6.45, 7) is 0. The number of phenolic OH excluding ortho intramolecular Hbond substituents is 1. The Balaban J connectivity index is 3.07. The van der Waals surface area contributed by atoms with Crippen LogP contribution in [0.15, 0.2) is 18.2 Å². The molecule has 5 heteroatoms. The van der Waals surface area contributed by atoms with Crippen LogP contribution in [0.25, 0.3) is 6.08 Å². The number of benzene rings is 1.